The first-order valence-corrected chi connectivity index (χ1v) is 7.85. The number of hydrogen-bond acceptors (Lipinski definition) is 2. The van der Waals surface area contributed by atoms with Gasteiger partial charge in [0, 0.05) is 12.8 Å². The Hall–Kier alpha value is -1.15. The molecule has 2 nitrogen and oxygen atoms in total. The van der Waals surface area contributed by atoms with E-state index in [0.29, 0.717) is 24.0 Å². The van der Waals surface area contributed by atoms with Crippen molar-refractivity contribution >= 4 is 5.78 Å². The van der Waals surface area contributed by atoms with Gasteiger partial charge in [-0.1, -0.05) is 25.1 Å². The zero-order valence-electron chi connectivity index (χ0n) is 13.0. The highest BCUT2D eigenvalue weighted by molar-refractivity contribution is 5.81. The molecule has 2 heteroatoms. The summed E-state index contributed by atoms with van der Waals surface area (Å²) in [4.78, 5) is 12.2. The molecule has 2 rings (SSSR count). The molecule has 1 aliphatic heterocycles. The van der Waals surface area contributed by atoms with E-state index >= 15 is 0 Å². The maximum Gasteiger partial charge on any atom is 0.137 e. The van der Waals surface area contributed by atoms with Crippen LogP contribution in [0.3, 0.4) is 0 Å². The minimum absolute atomic E-state index is 0.381. The molecular formula is C18H27NO. The van der Waals surface area contributed by atoms with Crippen LogP contribution in [-0.4, -0.2) is 18.9 Å². The predicted octanol–water partition coefficient (Wildman–Crippen LogP) is 3.44. The molecule has 0 aromatic heterocycles. The molecule has 1 N–H and O–H groups in total. The van der Waals surface area contributed by atoms with E-state index in [2.05, 4.69) is 44.3 Å². The number of ketones is 1. The fourth-order valence-electron chi connectivity index (χ4n) is 3.10. The Kier molecular flexibility index (Phi) is 5.36. The SMILES string of the molecule is Cc1ccc(CC(=O)CC(C)C2CCCNC2)cc1C. The lowest BCUT2D eigenvalue weighted by atomic mass is 9.83. The average Bonchev–Trinajstić information content (AvgIpc) is 2.44. The minimum Gasteiger partial charge on any atom is -0.316 e. The van der Waals surface area contributed by atoms with Crippen LogP contribution in [0.25, 0.3) is 0 Å². The van der Waals surface area contributed by atoms with E-state index in [0.717, 1.165) is 25.1 Å². The minimum atomic E-state index is 0.381. The third-order valence-corrected chi connectivity index (χ3v) is 4.66. The summed E-state index contributed by atoms with van der Waals surface area (Å²) in [7, 11) is 0. The van der Waals surface area contributed by atoms with E-state index in [1.165, 1.54) is 24.0 Å². The van der Waals surface area contributed by atoms with Crippen molar-refractivity contribution in [2.24, 2.45) is 11.8 Å². The lowest BCUT2D eigenvalue weighted by molar-refractivity contribution is -0.119. The molecule has 0 aliphatic carbocycles. The summed E-state index contributed by atoms with van der Waals surface area (Å²) in [5.74, 6) is 1.56. The summed E-state index contributed by atoms with van der Waals surface area (Å²) in [5, 5.41) is 3.44. The van der Waals surface area contributed by atoms with Gasteiger partial charge in [0.2, 0.25) is 0 Å². The van der Waals surface area contributed by atoms with E-state index in [1.807, 2.05) is 0 Å². The Balaban J connectivity index is 1.86. The molecule has 1 heterocycles. The molecule has 2 unspecified atom stereocenters. The van der Waals surface area contributed by atoms with Gasteiger partial charge in [0.1, 0.15) is 5.78 Å². The first-order valence-electron chi connectivity index (χ1n) is 7.85. The Morgan fingerprint density at radius 3 is 2.80 bits per heavy atom. The quantitative estimate of drug-likeness (QED) is 0.890. The van der Waals surface area contributed by atoms with E-state index in [9.17, 15) is 4.79 Å². The van der Waals surface area contributed by atoms with E-state index in [1.54, 1.807) is 0 Å². The molecule has 1 aromatic rings. The number of nitrogens with one attached hydrogen (secondary N) is 1. The monoisotopic (exact) mass is 273 g/mol. The van der Waals surface area contributed by atoms with Gasteiger partial charge >= 0.3 is 0 Å². The largest absolute Gasteiger partial charge is 0.316 e. The van der Waals surface area contributed by atoms with Gasteiger partial charge in [-0.3, -0.25) is 4.79 Å². The summed E-state index contributed by atoms with van der Waals surface area (Å²) in [5.41, 5.74) is 3.73. The van der Waals surface area contributed by atoms with Gasteiger partial charge in [-0.25, -0.2) is 0 Å². The third-order valence-electron chi connectivity index (χ3n) is 4.66. The highest BCUT2D eigenvalue weighted by atomic mass is 16.1. The fraction of sp³-hybridized carbons (Fsp3) is 0.611. The Morgan fingerprint density at radius 2 is 2.15 bits per heavy atom. The molecule has 1 fully saturated rings. The molecule has 1 aromatic carbocycles. The molecule has 110 valence electrons. The van der Waals surface area contributed by atoms with Crippen LogP contribution in [0.5, 0.6) is 0 Å². The predicted molar refractivity (Wildman–Crippen MR) is 84.0 cm³/mol. The van der Waals surface area contributed by atoms with Crippen LogP contribution in [0.1, 0.15) is 42.9 Å². The highest BCUT2D eigenvalue weighted by Gasteiger charge is 2.21. The van der Waals surface area contributed by atoms with Crippen LogP contribution in [0.2, 0.25) is 0 Å². The van der Waals surface area contributed by atoms with Crippen molar-refractivity contribution in [3.05, 3.63) is 34.9 Å². The molecular weight excluding hydrogens is 246 g/mol. The lowest BCUT2D eigenvalue weighted by Crippen LogP contribution is -2.34. The number of piperidine rings is 1. The van der Waals surface area contributed by atoms with Crippen LogP contribution < -0.4 is 5.32 Å². The second-order valence-electron chi connectivity index (χ2n) is 6.42. The number of aryl methyl sites for hydroxylation is 2. The van der Waals surface area contributed by atoms with E-state index in [4.69, 9.17) is 0 Å². The van der Waals surface area contributed by atoms with Crippen molar-refractivity contribution in [2.75, 3.05) is 13.1 Å². The van der Waals surface area contributed by atoms with Crippen LogP contribution in [0.4, 0.5) is 0 Å². The topological polar surface area (TPSA) is 29.1 Å². The summed E-state index contributed by atoms with van der Waals surface area (Å²) < 4.78 is 0. The van der Waals surface area contributed by atoms with Crippen LogP contribution in [-0.2, 0) is 11.2 Å². The number of hydrogen-bond donors (Lipinski definition) is 1. The molecule has 0 radical (unpaired) electrons. The lowest BCUT2D eigenvalue weighted by Gasteiger charge is -2.28. The van der Waals surface area contributed by atoms with Crippen molar-refractivity contribution in [2.45, 2.75) is 46.5 Å². The van der Waals surface area contributed by atoms with Crippen molar-refractivity contribution in [1.82, 2.24) is 5.32 Å². The Morgan fingerprint density at radius 1 is 1.35 bits per heavy atom. The van der Waals surface area contributed by atoms with Crippen molar-refractivity contribution in [3.8, 4) is 0 Å². The molecule has 1 saturated heterocycles. The van der Waals surface area contributed by atoms with Gasteiger partial charge in [-0.05, 0) is 68.3 Å². The van der Waals surface area contributed by atoms with E-state index in [-0.39, 0.29) is 0 Å². The zero-order chi connectivity index (χ0) is 14.5. The van der Waals surface area contributed by atoms with Crippen LogP contribution >= 0.6 is 0 Å². The maximum absolute atomic E-state index is 12.2. The number of Topliss-reactive ketones (excluding diaryl/α,β-unsaturated/α-hetero) is 1. The number of carbonyl (C=O) groups excluding carboxylic acids is 1. The van der Waals surface area contributed by atoms with Gasteiger partial charge in [-0.2, -0.15) is 0 Å². The molecule has 2 atom stereocenters. The van der Waals surface area contributed by atoms with E-state index < -0.39 is 0 Å². The van der Waals surface area contributed by atoms with Crippen molar-refractivity contribution < 1.29 is 4.79 Å². The standard InChI is InChI=1S/C18H27NO/c1-13-6-7-16(9-14(13)2)11-18(20)10-15(3)17-5-4-8-19-12-17/h6-7,9,15,17,19H,4-5,8,10-12H2,1-3H3. The number of benzene rings is 1. The average molecular weight is 273 g/mol. The summed E-state index contributed by atoms with van der Waals surface area (Å²) >= 11 is 0. The van der Waals surface area contributed by atoms with Crippen LogP contribution in [0, 0.1) is 25.7 Å². The van der Waals surface area contributed by atoms with Crippen molar-refractivity contribution in [1.29, 1.82) is 0 Å². The summed E-state index contributed by atoms with van der Waals surface area (Å²) in [6, 6.07) is 6.36. The second-order valence-corrected chi connectivity index (χ2v) is 6.42. The third kappa shape index (κ3) is 4.17. The second kappa shape index (κ2) is 7.03. The molecule has 0 spiro atoms. The molecule has 0 saturated carbocycles. The first-order chi connectivity index (χ1) is 9.56. The van der Waals surface area contributed by atoms with Gasteiger partial charge in [0.25, 0.3) is 0 Å². The number of carbonyl (C=O) groups is 1. The molecule has 0 bridgehead atoms. The summed E-state index contributed by atoms with van der Waals surface area (Å²) in [6.07, 6.45) is 3.83. The molecule has 20 heavy (non-hydrogen) atoms. The molecule has 0 amide bonds. The van der Waals surface area contributed by atoms with Crippen LogP contribution in [0.15, 0.2) is 18.2 Å². The highest BCUT2D eigenvalue weighted by Crippen LogP contribution is 2.23. The zero-order valence-corrected chi connectivity index (χ0v) is 13.0. The Bertz CT molecular complexity index is 460. The van der Waals surface area contributed by atoms with Gasteiger partial charge in [0.15, 0.2) is 0 Å². The Labute approximate surface area is 123 Å². The maximum atomic E-state index is 12.2. The normalized spacial score (nSPS) is 20.6. The number of rotatable bonds is 5. The van der Waals surface area contributed by atoms with Crippen molar-refractivity contribution in [3.63, 3.8) is 0 Å². The van der Waals surface area contributed by atoms with Gasteiger partial charge < -0.3 is 5.32 Å². The van der Waals surface area contributed by atoms with Gasteiger partial charge in [-0.15, -0.1) is 0 Å². The smallest absolute Gasteiger partial charge is 0.137 e. The fourth-order valence-corrected chi connectivity index (χ4v) is 3.10. The molecule has 1 aliphatic rings. The van der Waals surface area contributed by atoms with Gasteiger partial charge in [0.05, 0.1) is 0 Å². The summed E-state index contributed by atoms with van der Waals surface area (Å²) in [6.45, 7) is 8.67. The first kappa shape index (κ1) is 15.2.